The van der Waals surface area contributed by atoms with Gasteiger partial charge in [-0.2, -0.15) is 0 Å². The summed E-state index contributed by atoms with van der Waals surface area (Å²) in [5.74, 6) is 1.40. The van der Waals surface area contributed by atoms with Crippen molar-refractivity contribution in [2.24, 2.45) is 10.9 Å². The zero-order valence-corrected chi connectivity index (χ0v) is 20.6. The van der Waals surface area contributed by atoms with Crippen molar-refractivity contribution in [3.05, 3.63) is 46.5 Å². The highest BCUT2D eigenvalue weighted by Crippen LogP contribution is 2.35. The van der Waals surface area contributed by atoms with Gasteiger partial charge in [-0.15, -0.1) is 24.0 Å². The first-order valence-corrected chi connectivity index (χ1v) is 10.7. The third-order valence-corrected chi connectivity index (χ3v) is 5.98. The first-order valence-electron chi connectivity index (χ1n) is 10.3. The Labute approximate surface area is 197 Å². The lowest BCUT2D eigenvalue weighted by molar-refractivity contribution is 0.122. The Morgan fingerprint density at radius 2 is 2.21 bits per heavy atom. The molecule has 7 heteroatoms. The number of nitrogens with one attached hydrogen (secondary N) is 2. The van der Waals surface area contributed by atoms with Crippen LogP contribution in [0.4, 0.5) is 0 Å². The van der Waals surface area contributed by atoms with E-state index < -0.39 is 0 Å². The quantitative estimate of drug-likeness (QED) is 0.249. The molecular weight excluding hydrogens is 499 g/mol. The van der Waals surface area contributed by atoms with Crippen LogP contribution in [0.2, 0.25) is 5.02 Å². The molecule has 29 heavy (non-hydrogen) atoms. The third kappa shape index (κ3) is 7.42. The van der Waals surface area contributed by atoms with Gasteiger partial charge in [0.1, 0.15) is 0 Å². The highest BCUT2D eigenvalue weighted by Gasteiger charge is 2.30. The fourth-order valence-corrected chi connectivity index (χ4v) is 4.47. The van der Waals surface area contributed by atoms with Gasteiger partial charge in [0, 0.05) is 31.2 Å². The summed E-state index contributed by atoms with van der Waals surface area (Å²) < 4.78 is 5.37. The second-order valence-electron chi connectivity index (χ2n) is 7.70. The van der Waals surface area contributed by atoms with E-state index >= 15 is 0 Å². The highest BCUT2D eigenvalue weighted by molar-refractivity contribution is 14.0. The lowest BCUT2D eigenvalue weighted by atomic mass is 9.85. The number of ether oxygens (including phenoxy) is 1. The lowest BCUT2D eigenvalue weighted by Crippen LogP contribution is -2.45. The van der Waals surface area contributed by atoms with Gasteiger partial charge in [0.15, 0.2) is 5.96 Å². The molecule has 0 spiro atoms. The Morgan fingerprint density at radius 1 is 1.34 bits per heavy atom. The highest BCUT2D eigenvalue weighted by atomic mass is 127. The van der Waals surface area contributed by atoms with Gasteiger partial charge in [0.05, 0.1) is 13.2 Å². The van der Waals surface area contributed by atoms with Crippen molar-refractivity contribution < 1.29 is 4.74 Å². The molecule has 1 aromatic carbocycles. The van der Waals surface area contributed by atoms with Crippen molar-refractivity contribution in [1.29, 1.82) is 0 Å². The molecule has 0 aromatic heterocycles. The van der Waals surface area contributed by atoms with Crippen molar-refractivity contribution in [2.75, 3.05) is 46.9 Å². The van der Waals surface area contributed by atoms with E-state index in [1.165, 1.54) is 24.0 Å². The van der Waals surface area contributed by atoms with Crippen molar-refractivity contribution in [3.63, 3.8) is 0 Å². The van der Waals surface area contributed by atoms with E-state index in [1.807, 2.05) is 13.1 Å². The lowest BCUT2D eigenvalue weighted by Gasteiger charge is -2.40. The van der Waals surface area contributed by atoms with Crippen LogP contribution in [0, 0.1) is 5.92 Å². The van der Waals surface area contributed by atoms with Crippen molar-refractivity contribution >= 4 is 41.5 Å². The van der Waals surface area contributed by atoms with Gasteiger partial charge >= 0.3 is 0 Å². The molecule has 2 N–H and O–H groups in total. The summed E-state index contributed by atoms with van der Waals surface area (Å²) in [6.07, 6.45) is 6.72. The van der Waals surface area contributed by atoms with Crippen LogP contribution in [-0.4, -0.2) is 57.8 Å². The van der Waals surface area contributed by atoms with Gasteiger partial charge in [-0.3, -0.25) is 9.89 Å². The van der Waals surface area contributed by atoms with Crippen molar-refractivity contribution in [3.8, 4) is 0 Å². The van der Waals surface area contributed by atoms with Crippen LogP contribution in [0.5, 0.6) is 0 Å². The smallest absolute Gasteiger partial charge is 0.190 e. The molecule has 3 rings (SSSR count). The molecule has 0 bridgehead atoms. The van der Waals surface area contributed by atoms with E-state index in [0.717, 1.165) is 56.7 Å². The molecular formula is C22H34ClIN4O. The number of rotatable bonds is 6. The largest absolute Gasteiger partial charge is 0.377 e. The summed E-state index contributed by atoms with van der Waals surface area (Å²) in [7, 11) is 4.05. The van der Waals surface area contributed by atoms with Gasteiger partial charge in [-0.05, 0) is 62.9 Å². The SMILES string of the molecule is CN=C(NCCC1=CCOCC1)NCC1CCCN(C)C1c1cccc(Cl)c1.I. The average molecular weight is 533 g/mol. The predicted octanol–water partition coefficient (Wildman–Crippen LogP) is 4.24. The Morgan fingerprint density at radius 3 is 2.93 bits per heavy atom. The molecule has 1 aromatic rings. The van der Waals surface area contributed by atoms with Gasteiger partial charge < -0.3 is 15.4 Å². The maximum atomic E-state index is 6.26. The van der Waals surface area contributed by atoms with Gasteiger partial charge in [-0.1, -0.05) is 35.4 Å². The van der Waals surface area contributed by atoms with E-state index in [9.17, 15) is 0 Å². The van der Waals surface area contributed by atoms with Crippen LogP contribution in [0.25, 0.3) is 0 Å². The maximum absolute atomic E-state index is 6.26. The monoisotopic (exact) mass is 532 g/mol. The van der Waals surface area contributed by atoms with E-state index in [2.05, 4.69) is 51.8 Å². The molecule has 2 unspecified atom stereocenters. The Balaban J connectivity index is 0.00000300. The van der Waals surface area contributed by atoms with E-state index in [-0.39, 0.29) is 24.0 Å². The van der Waals surface area contributed by atoms with Crippen LogP contribution in [0.1, 0.15) is 37.3 Å². The molecule has 2 heterocycles. The number of halogens is 2. The second kappa shape index (κ2) is 12.8. The number of hydrogen-bond acceptors (Lipinski definition) is 3. The Bertz CT molecular complexity index is 697. The van der Waals surface area contributed by atoms with Crippen LogP contribution in [0.15, 0.2) is 40.9 Å². The van der Waals surface area contributed by atoms with Crippen molar-refractivity contribution in [1.82, 2.24) is 15.5 Å². The molecule has 2 aliphatic heterocycles. The molecule has 2 aliphatic rings. The summed E-state index contributed by atoms with van der Waals surface area (Å²) in [6, 6.07) is 8.68. The number of piperidine rings is 1. The molecule has 1 fully saturated rings. The first kappa shape index (κ1) is 24.4. The van der Waals surface area contributed by atoms with Gasteiger partial charge in [0.25, 0.3) is 0 Å². The normalized spacial score (nSPS) is 23.1. The third-order valence-electron chi connectivity index (χ3n) is 5.75. The van der Waals surface area contributed by atoms with Gasteiger partial charge in [0.2, 0.25) is 0 Å². The number of likely N-dealkylation sites (tertiary alicyclic amines) is 1. The summed E-state index contributed by atoms with van der Waals surface area (Å²) in [5, 5.41) is 7.81. The zero-order valence-electron chi connectivity index (χ0n) is 17.5. The van der Waals surface area contributed by atoms with Crippen LogP contribution in [0.3, 0.4) is 0 Å². The second-order valence-corrected chi connectivity index (χ2v) is 8.14. The summed E-state index contributed by atoms with van der Waals surface area (Å²) in [4.78, 5) is 6.86. The van der Waals surface area contributed by atoms with Crippen LogP contribution in [-0.2, 0) is 4.74 Å². The fraction of sp³-hybridized carbons (Fsp3) is 0.591. The number of benzene rings is 1. The summed E-state index contributed by atoms with van der Waals surface area (Å²) >= 11 is 6.26. The fourth-order valence-electron chi connectivity index (χ4n) is 4.27. The first-order chi connectivity index (χ1) is 13.7. The maximum Gasteiger partial charge on any atom is 0.190 e. The number of guanidine groups is 1. The minimum Gasteiger partial charge on any atom is -0.377 e. The molecule has 1 saturated heterocycles. The molecule has 0 saturated carbocycles. The molecule has 0 amide bonds. The standard InChI is InChI=1S/C22H33ClN4O.HI/c1-24-22(25-11-8-17-9-13-28-14-10-17)26-16-19-6-4-12-27(2)21(19)18-5-3-7-20(23)15-18;/h3,5,7,9,15,19,21H,4,6,8,10-14,16H2,1-2H3,(H2,24,25,26);1H. The zero-order chi connectivity index (χ0) is 19.8. The topological polar surface area (TPSA) is 48.9 Å². The Kier molecular flexibility index (Phi) is 10.8. The van der Waals surface area contributed by atoms with Crippen LogP contribution < -0.4 is 10.6 Å². The summed E-state index contributed by atoms with van der Waals surface area (Å²) in [5.41, 5.74) is 2.78. The molecule has 162 valence electrons. The molecule has 5 nitrogen and oxygen atoms in total. The molecule has 2 atom stereocenters. The minimum atomic E-state index is 0. The Hall–Kier alpha value is -0.830. The van der Waals surface area contributed by atoms with E-state index in [0.29, 0.717) is 12.0 Å². The van der Waals surface area contributed by atoms with Crippen LogP contribution >= 0.6 is 35.6 Å². The van der Waals surface area contributed by atoms with Crippen molar-refractivity contribution in [2.45, 2.75) is 31.7 Å². The van der Waals surface area contributed by atoms with E-state index in [1.54, 1.807) is 0 Å². The minimum absolute atomic E-state index is 0. The number of nitrogens with zero attached hydrogens (tertiary/aromatic N) is 2. The number of hydrogen-bond donors (Lipinski definition) is 2. The number of aliphatic imine (C=N–C) groups is 1. The summed E-state index contributed by atoms with van der Waals surface area (Å²) in [6.45, 7) is 4.52. The average Bonchev–Trinajstić information content (AvgIpc) is 2.71. The van der Waals surface area contributed by atoms with E-state index in [4.69, 9.17) is 16.3 Å². The predicted molar refractivity (Wildman–Crippen MR) is 132 cm³/mol. The molecule has 0 radical (unpaired) electrons. The molecule has 0 aliphatic carbocycles. The van der Waals surface area contributed by atoms with Gasteiger partial charge in [-0.25, -0.2) is 0 Å².